The second-order valence-corrected chi connectivity index (χ2v) is 22.9. The molecule has 0 saturated heterocycles. The standard InChI is InChI=1S/C84H50/c1-5-25-57-53(21-1)47-75(65-33-13-9-29-61(57)65)81-69-37-17-19-39-71(69)83(77-49-55-23-3-7-27-59(55)63-31-11-15-35-67(63)77)79-45-51(41-43-73(79)81)52-42-44-74-80(46-52)84(78-50-56-24-4-8-28-60(56)64-32-12-16-36-68(64)78)72-40-20-18-38-70(72)82(74)76-48-54-22-2-6-26-58(54)62-30-10-14-34-66(62)76/h1-50H. The van der Waals surface area contributed by atoms with Crippen molar-refractivity contribution in [3.05, 3.63) is 303 Å². The first-order valence-corrected chi connectivity index (χ1v) is 29.3. The third kappa shape index (κ3) is 6.89. The molecule has 0 spiro atoms. The molecule has 0 unspecified atom stereocenters. The number of hydrogen-bond donors (Lipinski definition) is 0. The van der Waals surface area contributed by atoms with Crippen molar-refractivity contribution in [2.45, 2.75) is 0 Å². The van der Waals surface area contributed by atoms with E-state index in [2.05, 4.69) is 303 Å². The molecule has 0 bridgehead atoms. The molecule has 0 radical (unpaired) electrons. The van der Waals surface area contributed by atoms with Crippen LogP contribution in [0.2, 0.25) is 0 Å². The van der Waals surface area contributed by atoms with Crippen molar-refractivity contribution in [2.24, 2.45) is 0 Å². The molecule has 0 heterocycles. The van der Waals surface area contributed by atoms with Crippen LogP contribution in [-0.4, -0.2) is 0 Å². The van der Waals surface area contributed by atoms with Gasteiger partial charge in [0.2, 0.25) is 0 Å². The highest BCUT2D eigenvalue weighted by molar-refractivity contribution is 6.31. The monoisotopic (exact) mass is 1060 g/mol. The molecule has 18 aromatic carbocycles. The number of rotatable bonds is 5. The van der Waals surface area contributed by atoms with E-state index in [1.54, 1.807) is 0 Å². The van der Waals surface area contributed by atoms with E-state index >= 15 is 0 Å². The first-order valence-electron chi connectivity index (χ1n) is 29.3. The van der Waals surface area contributed by atoms with E-state index in [0.717, 1.165) is 0 Å². The maximum absolute atomic E-state index is 2.53. The van der Waals surface area contributed by atoms with Crippen LogP contribution in [0.1, 0.15) is 0 Å². The number of benzene rings is 18. The van der Waals surface area contributed by atoms with Crippen LogP contribution in [0.4, 0.5) is 0 Å². The molecule has 18 rings (SSSR count). The third-order valence-corrected chi connectivity index (χ3v) is 18.5. The molecular weight excluding hydrogens is 1010 g/mol. The molecule has 0 N–H and O–H groups in total. The van der Waals surface area contributed by atoms with Gasteiger partial charge in [-0.1, -0.05) is 267 Å². The Balaban J connectivity index is 0.989. The van der Waals surface area contributed by atoms with E-state index in [1.165, 1.54) is 185 Å². The molecule has 0 aromatic heterocycles. The van der Waals surface area contributed by atoms with Gasteiger partial charge in [-0.25, -0.2) is 0 Å². The summed E-state index contributed by atoms with van der Waals surface area (Å²) in [4.78, 5) is 0. The van der Waals surface area contributed by atoms with Crippen molar-refractivity contribution in [2.75, 3.05) is 0 Å². The topological polar surface area (TPSA) is 0 Å². The zero-order chi connectivity index (χ0) is 55.0. The lowest BCUT2D eigenvalue weighted by molar-refractivity contribution is 1.66. The fraction of sp³-hybridized carbons (Fsp3) is 0. The van der Waals surface area contributed by atoms with Gasteiger partial charge in [-0.3, -0.25) is 0 Å². The van der Waals surface area contributed by atoms with Crippen LogP contribution in [0.5, 0.6) is 0 Å². The Morgan fingerprint density at radius 3 is 0.571 bits per heavy atom. The minimum absolute atomic E-state index is 1.17. The average molecular weight is 1060 g/mol. The van der Waals surface area contributed by atoms with E-state index < -0.39 is 0 Å². The predicted molar refractivity (Wildman–Crippen MR) is 364 cm³/mol. The highest BCUT2D eigenvalue weighted by Crippen LogP contribution is 2.52. The Morgan fingerprint density at radius 1 is 0.119 bits per heavy atom. The molecule has 0 atom stereocenters. The Hall–Kier alpha value is -10.9. The lowest BCUT2D eigenvalue weighted by Gasteiger charge is -2.22. The van der Waals surface area contributed by atoms with Crippen LogP contribution in [0, 0.1) is 0 Å². The van der Waals surface area contributed by atoms with Crippen LogP contribution in [0.3, 0.4) is 0 Å². The number of hydrogen-bond acceptors (Lipinski definition) is 0. The van der Waals surface area contributed by atoms with Crippen molar-refractivity contribution >= 4 is 129 Å². The Labute approximate surface area is 485 Å². The summed E-state index contributed by atoms with van der Waals surface area (Å²) in [6.07, 6.45) is 0. The van der Waals surface area contributed by atoms with Crippen LogP contribution in [-0.2, 0) is 0 Å². The van der Waals surface area contributed by atoms with Gasteiger partial charge < -0.3 is 0 Å². The van der Waals surface area contributed by atoms with Crippen LogP contribution in [0.25, 0.3) is 185 Å². The highest BCUT2D eigenvalue weighted by atomic mass is 14.3. The third-order valence-electron chi connectivity index (χ3n) is 18.5. The quantitative estimate of drug-likeness (QED) is 0.119. The average Bonchev–Trinajstić information content (AvgIpc) is 2.92. The predicted octanol–water partition coefficient (Wildman–Crippen LogP) is 23.9. The summed E-state index contributed by atoms with van der Waals surface area (Å²) >= 11 is 0. The van der Waals surface area contributed by atoms with Crippen LogP contribution >= 0.6 is 0 Å². The normalized spacial score (nSPS) is 12.0. The molecular formula is C84H50. The van der Waals surface area contributed by atoms with Gasteiger partial charge in [0.05, 0.1) is 0 Å². The first-order chi connectivity index (χ1) is 41.7. The van der Waals surface area contributed by atoms with Crippen LogP contribution in [0.15, 0.2) is 303 Å². The summed E-state index contributed by atoms with van der Waals surface area (Å²) in [5, 5.41) is 29.9. The molecule has 386 valence electrons. The van der Waals surface area contributed by atoms with Gasteiger partial charge in [0.1, 0.15) is 0 Å². The summed E-state index contributed by atoms with van der Waals surface area (Å²) in [6.45, 7) is 0. The van der Waals surface area contributed by atoms with Gasteiger partial charge in [-0.15, -0.1) is 0 Å². The summed E-state index contributed by atoms with van der Waals surface area (Å²) in [6, 6.07) is 114. The smallest absolute Gasteiger partial charge is 0.00197 e. The lowest BCUT2D eigenvalue weighted by atomic mass is 9.80. The maximum atomic E-state index is 2.53. The van der Waals surface area contributed by atoms with Gasteiger partial charge >= 0.3 is 0 Å². The molecule has 0 fully saturated rings. The Morgan fingerprint density at radius 2 is 0.310 bits per heavy atom. The van der Waals surface area contributed by atoms with Gasteiger partial charge in [-0.2, -0.15) is 0 Å². The van der Waals surface area contributed by atoms with E-state index in [0.29, 0.717) is 0 Å². The molecule has 0 aliphatic carbocycles. The largest absolute Gasteiger partial charge is 0.0616 e. The maximum Gasteiger partial charge on any atom is -0.00197 e. The van der Waals surface area contributed by atoms with Crippen molar-refractivity contribution in [1.29, 1.82) is 0 Å². The second kappa shape index (κ2) is 18.3. The van der Waals surface area contributed by atoms with Gasteiger partial charge in [0.25, 0.3) is 0 Å². The molecule has 0 amide bonds. The van der Waals surface area contributed by atoms with E-state index in [4.69, 9.17) is 0 Å². The van der Waals surface area contributed by atoms with E-state index in [-0.39, 0.29) is 0 Å². The van der Waals surface area contributed by atoms with Crippen molar-refractivity contribution in [3.8, 4) is 55.6 Å². The van der Waals surface area contributed by atoms with Gasteiger partial charge in [0, 0.05) is 0 Å². The minimum atomic E-state index is 1.17. The highest BCUT2D eigenvalue weighted by Gasteiger charge is 2.25. The van der Waals surface area contributed by atoms with E-state index in [9.17, 15) is 0 Å². The summed E-state index contributed by atoms with van der Waals surface area (Å²) in [5.74, 6) is 0. The summed E-state index contributed by atoms with van der Waals surface area (Å²) < 4.78 is 0. The first kappa shape index (κ1) is 46.8. The summed E-state index contributed by atoms with van der Waals surface area (Å²) in [7, 11) is 0. The minimum Gasteiger partial charge on any atom is -0.0616 e. The Kier molecular flexibility index (Phi) is 10.2. The van der Waals surface area contributed by atoms with Crippen molar-refractivity contribution in [1.82, 2.24) is 0 Å². The molecule has 0 aliphatic rings. The SMILES string of the molecule is c1ccc2c(c1)cc(-c1c3ccccc3c(-c3cc4ccccc4c4ccccc34)c3cc(-c4ccc5c(-c6cc7ccccc7c7ccccc67)c6ccccc6c(-c6cc7ccccc7c7ccccc67)c5c4)ccc13)c1ccccc12. The second-order valence-electron chi connectivity index (χ2n) is 22.9. The van der Waals surface area contributed by atoms with Crippen molar-refractivity contribution < 1.29 is 0 Å². The molecule has 18 aromatic rings. The fourth-order valence-corrected chi connectivity index (χ4v) is 14.9. The fourth-order valence-electron chi connectivity index (χ4n) is 14.9. The van der Waals surface area contributed by atoms with Crippen LogP contribution < -0.4 is 0 Å². The number of fused-ring (bicyclic) bond motifs is 16. The Bertz CT molecular complexity index is 5500. The molecule has 0 saturated carbocycles. The van der Waals surface area contributed by atoms with E-state index in [1.807, 2.05) is 0 Å². The molecule has 0 heteroatoms. The zero-order valence-corrected chi connectivity index (χ0v) is 45.9. The lowest BCUT2D eigenvalue weighted by Crippen LogP contribution is -1.95. The molecule has 0 nitrogen and oxygen atoms in total. The molecule has 84 heavy (non-hydrogen) atoms. The zero-order valence-electron chi connectivity index (χ0n) is 45.9. The molecule has 0 aliphatic heterocycles. The van der Waals surface area contributed by atoms with Gasteiger partial charge in [-0.05, 0) is 221 Å². The van der Waals surface area contributed by atoms with Gasteiger partial charge in [0.15, 0.2) is 0 Å². The van der Waals surface area contributed by atoms with Crippen molar-refractivity contribution in [3.63, 3.8) is 0 Å². The summed E-state index contributed by atoms with van der Waals surface area (Å²) in [5.41, 5.74) is 12.3.